The smallest absolute Gasteiger partial charge is 0.330 e. The lowest BCUT2D eigenvalue weighted by Gasteiger charge is -1.94. The molecule has 0 atom stereocenters. The van der Waals surface area contributed by atoms with Crippen LogP contribution >= 0.6 is 0 Å². The predicted octanol–water partition coefficient (Wildman–Crippen LogP) is 23.6. The molecule has 0 aromatic carbocycles. The molecule has 0 aliphatic rings. The molecule has 0 unspecified atom stereocenters. The second-order valence-electron chi connectivity index (χ2n) is 9.26. The Hall–Kier alpha value is -6.03. The van der Waals surface area contributed by atoms with Gasteiger partial charge in [-0.1, -0.05) is 128 Å². The number of allylic oxidation sites excluding steroid dienone is 20. The van der Waals surface area contributed by atoms with Crippen LogP contribution in [0.15, 0.2) is 266 Å². The summed E-state index contributed by atoms with van der Waals surface area (Å²) in [5.74, 6) is -0.501. The monoisotopic (exact) mass is 957 g/mol. The van der Waals surface area contributed by atoms with Gasteiger partial charge in [-0.15, -0.1) is 132 Å². The third-order valence-electron chi connectivity index (χ3n) is 0.502. The predicted molar refractivity (Wildman–Crippen MR) is 346 cm³/mol. The van der Waals surface area contributed by atoms with E-state index >= 15 is 0 Å². The number of aliphatic hydroxyl groups excluding tert-OH is 1. The van der Waals surface area contributed by atoms with Crippen molar-refractivity contribution in [1.82, 2.24) is 0 Å². The highest BCUT2D eigenvalue weighted by molar-refractivity contribution is 5.81. The normalized spacial score (nSPS) is 4.78. The third-order valence-corrected chi connectivity index (χ3v) is 0.502. The summed E-state index contributed by atoms with van der Waals surface area (Å²) in [4.78, 5) is 10.1. The van der Waals surface area contributed by atoms with Crippen molar-refractivity contribution in [2.45, 2.75) is 138 Å². The van der Waals surface area contributed by atoms with Gasteiger partial charge in [0.1, 0.15) is 6.61 Å². The second-order valence-corrected chi connectivity index (χ2v) is 9.26. The van der Waals surface area contributed by atoms with Crippen molar-refractivity contribution >= 4 is 5.97 Å². The summed E-state index contributed by atoms with van der Waals surface area (Å²) in [6.45, 7) is 108. The first kappa shape index (κ1) is 137. The SMILES string of the molecule is C=CC.C=CC.C=CC.C=CC.C=CC.C=CC.C=CC.C=CC.C=CC.C=CC.C=CC.C=CC.C=CC.C=CC.C=CC.C=CC.C=CC.C=CC.C=CC.C=CC.C=CC(=O)OCCO. The Morgan fingerprint density at radius 3 is 0.382 bits per heavy atom. The van der Waals surface area contributed by atoms with Crippen LogP contribution in [0.1, 0.15) is 138 Å². The highest BCUT2D eigenvalue weighted by Gasteiger charge is 1.90. The highest BCUT2D eigenvalue weighted by atomic mass is 16.5. The maximum Gasteiger partial charge on any atom is 0.330 e. The van der Waals surface area contributed by atoms with Gasteiger partial charge in [0.25, 0.3) is 0 Å². The second kappa shape index (κ2) is 499. The Balaban J connectivity index is -0.0000000181. The van der Waals surface area contributed by atoms with Crippen LogP contribution in [-0.4, -0.2) is 24.3 Å². The molecule has 3 nitrogen and oxygen atoms in total. The minimum absolute atomic E-state index is 0.0465. The average Bonchev–Trinajstić information content (AvgIpc) is 3.23. The minimum Gasteiger partial charge on any atom is -0.460 e. The Kier molecular flexibility index (Phi) is 1010. The molecule has 0 aromatic heterocycles. The molecule has 0 heterocycles. The van der Waals surface area contributed by atoms with Crippen molar-refractivity contribution in [2.24, 2.45) is 0 Å². The van der Waals surface area contributed by atoms with Gasteiger partial charge < -0.3 is 9.84 Å². The van der Waals surface area contributed by atoms with E-state index in [1.165, 1.54) is 0 Å². The van der Waals surface area contributed by atoms with E-state index in [-0.39, 0.29) is 13.2 Å². The fraction of sp³-hybridized carbons (Fsp3) is 0.338. The van der Waals surface area contributed by atoms with Crippen LogP contribution in [0, 0.1) is 0 Å². The average molecular weight is 958 g/mol. The van der Waals surface area contributed by atoms with Crippen LogP contribution in [-0.2, 0) is 9.53 Å². The summed E-state index contributed by atoms with van der Waals surface area (Å²) < 4.78 is 4.33. The lowest BCUT2D eigenvalue weighted by atomic mass is 10.6. The fourth-order valence-electron chi connectivity index (χ4n) is 0.205. The molecule has 0 saturated heterocycles. The van der Waals surface area contributed by atoms with Gasteiger partial charge >= 0.3 is 5.97 Å². The molecular formula is C65H128O3. The summed E-state index contributed by atoms with van der Waals surface area (Å²) in [5, 5.41) is 8.10. The molecule has 0 fully saturated rings. The molecule has 0 saturated carbocycles. The van der Waals surface area contributed by atoms with Gasteiger partial charge in [-0.2, -0.15) is 0 Å². The van der Waals surface area contributed by atoms with Crippen molar-refractivity contribution in [3.63, 3.8) is 0 Å². The Morgan fingerprint density at radius 1 is 0.265 bits per heavy atom. The summed E-state index contributed by atoms with van der Waals surface area (Å²) in [7, 11) is 0. The van der Waals surface area contributed by atoms with Gasteiger partial charge in [0.05, 0.1) is 6.61 Å². The number of esters is 1. The van der Waals surface area contributed by atoms with Gasteiger partial charge in [-0.25, -0.2) is 4.79 Å². The van der Waals surface area contributed by atoms with Crippen LogP contribution in [0.25, 0.3) is 0 Å². The van der Waals surface area contributed by atoms with Crippen molar-refractivity contribution in [2.75, 3.05) is 13.2 Å². The van der Waals surface area contributed by atoms with E-state index < -0.39 is 5.97 Å². The van der Waals surface area contributed by atoms with Crippen molar-refractivity contribution < 1.29 is 14.6 Å². The molecule has 3 heteroatoms. The zero-order chi connectivity index (χ0) is 60.5. The van der Waals surface area contributed by atoms with Crippen LogP contribution in [0.4, 0.5) is 0 Å². The topological polar surface area (TPSA) is 46.5 Å². The van der Waals surface area contributed by atoms with Gasteiger partial charge in [-0.05, 0) is 138 Å². The molecule has 0 aliphatic carbocycles. The van der Waals surface area contributed by atoms with Crippen molar-refractivity contribution in [3.8, 4) is 0 Å². The lowest BCUT2D eigenvalue weighted by molar-refractivity contribution is -0.138. The molecule has 1 N–H and O–H groups in total. The summed E-state index contributed by atoms with van der Waals surface area (Å²) >= 11 is 0. The van der Waals surface area contributed by atoms with Crippen molar-refractivity contribution in [3.05, 3.63) is 266 Å². The zero-order valence-electron chi connectivity index (χ0n) is 50.2. The molecule has 0 aromatic rings. The van der Waals surface area contributed by atoms with E-state index in [4.69, 9.17) is 5.11 Å². The molecule has 68 heavy (non-hydrogen) atoms. The number of ether oxygens (including phenoxy) is 1. The first-order chi connectivity index (χ1) is 32.1. The van der Waals surface area contributed by atoms with E-state index in [0.29, 0.717) is 0 Å². The van der Waals surface area contributed by atoms with E-state index in [1.807, 2.05) is 138 Å². The number of hydrogen-bond donors (Lipinski definition) is 1. The molecule has 0 radical (unpaired) electrons. The summed E-state index contributed by atoms with van der Waals surface area (Å²) in [6.07, 6.45) is 36.1. The lowest BCUT2D eigenvalue weighted by Crippen LogP contribution is -2.04. The van der Waals surface area contributed by atoms with E-state index in [1.54, 1.807) is 122 Å². The maximum atomic E-state index is 10.1. The van der Waals surface area contributed by atoms with Crippen LogP contribution in [0.3, 0.4) is 0 Å². The van der Waals surface area contributed by atoms with E-state index in [2.05, 4.69) is 143 Å². The number of carbonyl (C=O) groups excluding carboxylic acids is 1. The number of hydrogen-bond acceptors (Lipinski definition) is 3. The quantitative estimate of drug-likeness (QED) is 0.174. The largest absolute Gasteiger partial charge is 0.460 e. The summed E-state index contributed by atoms with van der Waals surface area (Å²) in [5.41, 5.74) is 0. The molecule has 0 bridgehead atoms. The fourth-order valence-corrected chi connectivity index (χ4v) is 0.205. The molecular weight excluding hydrogens is 829 g/mol. The molecule has 0 amide bonds. The van der Waals surface area contributed by atoms with Crippen LogP contribution < -0.4 is 0 Å². The third kappa shape index (κ3) is 232000000. The Morgan fingerprint density at radius 2 is 0.338 bits per heavy atom. The zero-order valence-corrected chi connectivity index (χ0v) is 50.2. The summed E-state index contributed by atoms with van der Waals surface area (Å²) in [6, 6.07) is 0. The maximum absolute atomic E-state index is 10.1. The first-order valence-electron chi connectivity index (χ1n) is 21.9. The van der Waals surface area contributed by atoms with Gasteiger partial charge in [-0.3, -0.25) is 0 Å². The van der Waals surface area contributed by atoms with Gasteiger partial charge in [0.2, 0.25) is 0 Å². The van der Waals surface area contributed by atoms with Crippen LogP contribution in [0.2, 0.25) is 0 Å². The number of carbonyl (C=O) groups is 1. The Bertz CT molecular complexity index is 601. The van der Waals surface area contributed by atoms with Gasteiger partial charge in [0, 0.05) is 6.08 Å². The highest BCUT2D eigenvalue weighted by Crippen LogP contribution is 1.75. The molecule has 0 rings (SSSR count). The molecule has 0 aliphatic heterocycles. The number of rotatable bonds is 3. The molecule has 0 spiro atoms. The van der Waals surface area contributed by atoms with Gasteiger partial charge in [0.15, 0.2) is 0 Å². The van der Waals surface area contributed by atoms with E-state index in [9.17, 15) is 4.79 Å². The minimum atomic E-state index is -0.501. The van der Waals surface area contributed by atoms with Crippen LogP contribution in [0.5, 0.6) is 0 Å². The standard InChI is InChI=1S/C5H8O3.20C3H6/c1-2-5(7)8-4-3-6;20*1-3-2/h2,6H,1,3-4H2;20*3H,1H2,2H3. The van der Waals surface area contributed by atoms with Crippen molar-refractivity contribution in [1.29, 1.82) is 0 Å². The Labute approximate surface area is 436 Å². The van der Waals surface area contributed by atoms with E-state index in [0.717, 1.165) is 6.08 Å². The number of aliphatic hydroxyl groups is 1. The molecule has 406 valence electrons. The first-order valence-corrected chi connectivity index (χ1v) is 21.9.